The van der Waals surface area contributed by atoms with Crippen molar-refractivity contribution in [3.8, 4) is 0 Å². The Balaban J connectivity index is 2.34. The van der Waals surface area contributed by atoms with Gasteiger partial charge in [0.1, 0.15) is 0 Å². The average Bonchev–Trinajstić information content (AvgIpc) is 2.72. The summed E-state index contributed by atoms with van der Waals surface area (Å²) in [6.07, 6.45) is -2.71. The molecule has 33 heavy (non-hydrogen) atoms. The third-order valence-electron chi connectivity index (χ3n) is 4.78. The number of rotatable bonds is 11. The monoisotopic (exact) mass is 483 g/mol. The van der Waals surface area contributed by atoms with Gasteiger partial charge >= 0.3 is 11.8 Å². The van der Waals surface area contributed by atoms with Crippen LogP contribution < -0.4 is 5.32 Å². The van der Waals surface area contributed by atoms with Gasteiger partial charge in [-0.1, -0.05) is 44.2 Å². The number of carboxylic acid groups (broad SMARTS) is 1. The van der Waals surface area contributed by atoms with Crippen LogP contribution in [0.25, 0.3) is 0 Å². The zero-order valence-electron chi connectivity index (χ0n) is 18.1. The lowest BCUT2D eigenvalue weighted by molar-refractivity contribution is -0.387. The molecule has 2 unspecified atom stereocenters. The Morgan fingerprint density at radius 2 is 1.82 bits per heavy atom. The molecule has 180 valence electrons. The smallest absolute Gasteiger partial charge is 0.404 e. The van der Waals surface area contributed by atoms with Crippen LogP contribution in [0.4, 0.5) is 14.9 Å². The Labute approximate surface area is 190 Å². The average molecular weight is 484 g/mol. The number of nitro groups is 1. The lowest BCUT2D eigenvalue weighted by Crippen LogP contribution is -2.50. The number of nitrogens with one attached hydrogen (secondary N) is 1. The van der Waals surface area contributed by atoms with Gasteiger partial charge in [0.15, 0.2) is 0 Å². The maximum atomic E-state index is 14.1. The fourth-order valence-corrected chi connectivity index (χ4v) is 4.90. The Hall–Kier alpha value is -3.09. The summed E-state index contributed by atoms with van der Waals surface area (Å²) in [5.41, 5.74) is -0.135. The van der Waals surface area contributed by atoms with E-state index in [1.165, 1.54) is 0 Å². The number of nitrogens with zero attached hydrogens (tertiary/aromatic N) is 2. The number of benzene rings is 2. The highest BCUT2D eigenvalue weighted by Crippen LogP contribution is 2.24. The summed E-state index contributed by atoms with van der Waals surface area (Å²) in [5, 5.41) is 33.0. The van der Waals surface area contributed by atoms with E-state index in [0.29, 0.717) is 6.07 Å². The van der Waals surface area contributed by atoms with E-state index in [9.17, 15) is 37.9 Å². The molecule has 2 aromatic rings. The van der Waals surface area contributed by atoms with E-state index in [1.807, 2.05) is 0 Å². The summed E-state index contributed by atoms with van der Waals surface area (Å²) in [6.45, 7) is 2.95. The topological polar surface area (TPSA) is 150 Å². The van der Waals surface area contributed by atoms with Crippen molar-refractivity contribution in [2.75, 3.05) is 13.1 Å². The predicted molar refractivity (Wildman–Crippen MR) is 118 cm³/mol. The first-order chi connectivity index (χ1) is 15.4. The van der Waals surface area contributed by atoms with Crippen LogP contribution in [0.5, 0.6) is 0 Å². The van der Waals surface area contributed by atoms with Crippen LogP contribution in [0.2, 0.25) is 0 Å². The molecule has 12 heteroatoms. The highest BCUT2D eigenvalue weighted by Gasteiger charge is 2.32. The van der Waals surface area contributed by atoms with Gasteiger partial charge in [-0.05, 0) is 24.0 Å². The van der Waals surface area contributed by atoms with Gasteiger partial charge in [0.25, 0.3) is 0 Å². The quantitative estimate of drug-likeness (QED) is 0.328. The van der Waals surface area contributed by atoms with E-state index in [1.54, 1.807) is 44.2 Å². The van der Waals surface area contributed by atoms with Crippen LogP contribution in [-0.4, -0.2) is 59.2 Å². The number of sulfonamides is 1. The maximum Gasteiger partial charge on any atom is 0.404 e. The standard InChI is InChI=1S/C21H26FN3O7S/c1-14(2)12-24(33(31,32)16-8-9-19(25(29)30)17(22)11-16)13-20(26)18(23-21(27)28)10-15-6-4-3-5-7-15/h3-9,11,14,18,20,23,26H,10,12-13H2,1-2H3,(H,27,28). The number of hydrogen-bond donors (Lipinski definition) is 3. The van der Waals surface area contributed by atoms with Gasteiger partial charge in [-0.2, -0.15) is 8.70 Å². The SMILES string of the molecule is CC(C)CN(CC(O)C(Cc1ccccc1)NC(=O)O)S(=O)(=O)c1ccc([N+](=O)[O-])c(F)c1. The van der Waals surface area contributed by atoms with E-state index in [-0.39, 0.29) is 18.9 Å². The minimum atomic E-state index is -4.36. The summed E-state index contributed by atoms with van der Waals surface area (Å²) in [6, 6.07) is 9.98. The summed E-state index contributed by atoms with van der Waals surface area (Å²) in [7, 11) is -4.36. The summed E-state index contributed by atoms with van der Waals surface area (Å²) in [5.74, 6) is -1.49. The largest absolute Gasteiger partial charge is 0.465 e. The molecule has 0 aliphatic carbocycles. The molecule has 2 atom stereocenters. The zero-order chi connectivity index (χ0) is 24.8. The Morgan fingerprint density at radius 3 is 2.33 bits per heavy atom. The zero-order valence-corrected chi connectivity index (χ0v) is 18.9. The van der Waals surface area contributed by atoms with Crippen molar-refractivity contribution in [2.24, 2.45) is 5.92 Å². The molecule has 1 amide bonds. The van der Waals surface area contributed by atoms with Crippen molar-refractivity contribution in [3.63, 3.8) is 0 Å². The molecule has 3 N–H and O–H groups in total. The molecule has 0 fully saturated rings. The molecule has 0 spiro atoms. The summed E-state index contributed by atoms with van der Waals surface area (Å²) < 4.78 is 41.4. The lowest BCUT2D eigenvalue weighted by atomic mass is 10.0. The molecule has 0 saturated heterocycles. The maximum absolute atomic E-state index is 14.1. The first-order valence-corrected chi connectivity index (χ1v) is 11.5. The Bertz CT molecular complexity index is 1080. The molecule has 2 aromatic carbocycles. The Kier molecular flexibility index (Phi) is 8.85. The lowest BCUT2D eigenvalue weighted by Gasteiger charge is -2.30. The molecule has 0 radical (unpaired) electrons. The van der Waals surface area contributed by atoms with Crippen LogP contribution >= 0.6 is 0 Å². The molecule has 2 rings (SSSR count). The van der Waals surface area contributed by atoms with E-state index in [2.05, 4.69) is 5.32 Å². The first-order valence-electron chi connectivity index (χ1n) is 10.1. The van der Waals surface area contributed by atoms with Gasteiger partial charge in [-0.15, -0.1) is 0 Å². The number of halogens is 1. The van der Waals surface area contributed by atoms with E-state index in [4.69, 9.17) is 0 Å². The molecule has 0 aliphatic rings. The van der Waals surface area contributed by atoms with E-state index < -0.39 is 56.1 Å². The molecule has 0 heterocycles. The number of nitro benzene ring substituents is 1. The highest BCUT2D eigenvalue weighted by atomic mass is 32.2. The molecular weight excluding hydrogens is 457 g/mol. The second kappa shape index (κ2) is 11.2. The fourth-order valence-electron chi connectivity index (χ4n) is 3.27. The van der Waals surface area contributed by atoms with Crippen LogP contribution in [0.15, 0.2) is 53.4 Å². The van der Waals surface area contributed by atoms with Crippen molar-refractivity contribution >= 4 is 21.8 Å². The Morgan fingerprint density at radius 1 is 1.18 bits per heavy atom. The van der Waals surface area contributed by atoms with Crippen molar-refractivity contribution in [1.29, 1.82) is 0 Å². The van der Waals surface area contributed by atoms with Gasteiger partial charge < -0.3 is 15.5 Å². The first kappa shape index (κ1) is 26.2. The molecular formula is C21H26FN3O7S. The van der Waals surface area contributed by atoms with Crippen molar-refractivity contribution in [1.82, 2.24) is 9.62 Å². The summed E-state index contributed by atoms with van der Waals surface area (Å²) >= 11 is 0. The minimum Gasteiger partial charge on any atom is -0.465 e. The molecule has 10 nitrogen and oxygen atoms in total. The molecule has 0 bridgehead atoms. The third-order valence-corrected chi connectivity index (χ3v) is 6.61. The van der Waals surface area contributed by atoms with Gasteiger partial charge in [0.05, 0.1) is 22.0 Å². The number of amides is 1. The van der Waals surface area contributed by atoms with Crippen LogP contribution in [-0.2, 0) is 16.4 Å². The van der Waals surface area contributed by atoms with Crippen LogP contribution in [0.3, 0.4) is 0 Å². The van der Waals surface area contributed by atoms with Gasteiger partial charge in [-0.25, -0.2) is 13.2 Å². The van der Waals surface area contributed by atoms with Crippen LogP contribution in [0, 0.1) is 21.8 Å². The minimum absolute atomic E-state index is 0.0525. The van der Waals surface area contributed by atoms with Crippen molar-refractivity contribution in [2.45, 2.75) is 37.3 Å². The van der Waals surface area contributed by atoms with E-state index >= 15 is 0 Å². The summed E-state index contributed by atoms with van der Waals surface area (Å²) in [4.78, 5) is 20.6. The second-order valence-corrected chi connectivity index (χ2v) is 9.84. The van der Waals surface area contributed by atoms with Crippen molar-refractivity contribution in [3.05, 3.63) is 70.0 Å². The van der Waals surface area contributed by atoms with Gasteiger partial charge in [-0.3, -0.25) is 10.1 Å². The van der Waals surface area contributed by atoms with Crippen LogP contribution in [0.1, 0.15) is 19.4 Å². The number of aliphatic hydroxyl groups is 1. The molecule has 0 saturated carbocycles. The number of aliphatic hydroxyl groups excluding tert-OH is 1. The third kappa shape index (κ3) is 7.20. The normalized spacial score (nSPS) is 13.6. The van der Waals surface area contributed by atoms with Gasteiger partial charge in [0, 0.05) is 25.2 Å². The molecule has 0 aromatic heterocycles. The number of carbonyl (C=O) groups is 1. The van der Waals surface area contributed by atoms with Crippen molar-refractivity contribution < 1.29 is 32.7 Å². The predicted octanol–water partition coefficient (Wildman–Crippen LogP) is 2.62. The molecule has 0 aliphatic heterocycles. The van der Waals surface area contributed by atoms with Gasteiger partial charge in [0.2, 0.25) is 15.8 Å². The fraction of sp³-hybridized carbons (Fsp3) is 0.381. The second-order valence-electron chi connectivity index (χ2n) is 7.90. The van der Waals surface area contributed by atoms with E-state index in [0.717, 1.165) is 22.0 Å². The highest BCUT2D eigenvalue weighted by molar-refractivity contribution is 7.89. The number of hydrogen-bond acceptors (Lipinski definition) is 6.